The first-order chi connectivity index (χ1) is 16.5. The molecule has 0 saturated carbocycles. The van der Waals surface area contributed by atoms with E-state index in [0.29, 0.717) is 48.6 Å². The minimum absolute atomic E-state index is 0.0465. The van der Waals surface area contributed by atoms with Gasteiger partial charge in [-0.2, -0.15) is 0 Å². The molecule has 0 bridgehead atoms. The van der Waals surface area contributed by atoms with E-state index in [4.69, 9.17) is 24.7 Å². The van der Waals surface area contributed by atoms with E-state index in [1.165, 1.54) is 12.3 Å². The van der Waals surface area contributed by atoms with Crippen LogP contribution in [0.3, 0.4) is 0 Å². The molecule has 178 valence electrons. The molecule has 1 saturated heterocycles. The Bertz CT molecular complexity index is 1270. The predicted octanol–water partition coefficient (Wildman–Crippen LogP) is 2.63. The Kier molecular flexibility index (Phi) is 5.80. The molecule has 3 aromatic rings. The average molecular weight is 469 g/mol. The maximum Gasteiger partial charge on any atom is 0.414 e. The number of ether oxygens (including phenoxy) is 4. The average Bonchev–Trinajstić information content (AvgIpc) is 3.29. The molecule has 4 heterocycles. The second kappa shape index (κ2) is 8.92. The van der Waals surface area contributed by atoms with Crippen molar-refractivity contribution in [1.29, 1.82) is 0 Å². The van der Waals surface area contributed by atoms with Gasteiger partial charge >= 0.3 is 6.09 Å². The van der Waals surface area contributed by atoms with Gasteiger partial charge in [-0.15, -0.1) is 0 Å². The maximum absolute atomic E-state index is 15.3. The molecule has 0 aliphatic carbocycles. The fraction of sp³-hybridized carbons (Fsp3) is 0.348. The summed E-state index contributed by atoms with van der Waals surface area (Å²) in [6, 6.07) is 2.85. The molecule has 1 amide bonds. The smallest absolute Gasteiger partial charge is 0.414 e. The quantitative estimate of drug-likeness (QED) is 0.494. The van der Waals surface area contributed by atoms with Gasteiger partial charge in [0, 0.05) is 48.6 Å². The van der Waals surface area contributed by atoms with Gasteiger partial charge in [0.2, 0.25) is 11.8 Å². The molecule has 34 heavy (non-hydrogen) atoms. The van der Waals surface area contributed by atoms with Gasteiger partial charge in [0.1, 0.15) is 18.4 Å². The zero-order valence-corrected chi connectivity index (χ0v) is 18.7. The number of nitrogens with two attached hydrogens (primary N) is 1. The van der Waals surface area contributed by atoms with Gasteiger partial charge in [-0.25, -0.2) is 19.2 Å². The van der Waals surface area contributed by atoms with Crippen LogP contribution in [0.1, 0.15) is 5.56 Å². The molecule has 2 aliphatic heterocycles. The van der Waals surface area contributed by atoms with Crippen molar-refractivity contribution in [2.75, 3.05) is 44.5 Å². The van der Waals surface area contributed by atoms with Crippen molar-refractivity contribution in [1.82, 2.24) is 15.3 Å². The van der Waals surface area contributed by atoms with Crippen molar-refractivity contribution in [3.8, 4) is 22.9 Å². The van der Waals surface area contributed by atoms with Crippen LogP contribution in [-0.4, -0.2) is 61.7 Å². The number of amides is 1. The van der Waals surface area contributed by atoms with Gasteiger partial charge in [0.05, 0.1) is 24.9 Å². The summed E-state index contributed by atoms with van der Waals surface area (Å²) in [6.45, 7) is 3.73. The van der Waals surface area contributed by atoms with E-state index in [2.05, 4.69) is 20.6 Å². The molecule has 10 nitrogen and oxygen atoms in total. The first-order valence-corrected chi connectivity index (χ1v) is 10.8. The molecule has 2 aromatic heterocycles. The predicted molar refractivity (Wildman–Crippen MR) is 123 cm³/mol. The number of halogens is 1. The Hall–Kier alpha value is -3.70. The van der Waals surface area contributed by atoms with Gasteiger partial charge in [-0.1, -0.05) is 0 Å². The number of fused-ring (bicyclic) bond motifs is 2. The van der Waals surface area contributed by atoms with Gasteiger partial charge in [-0.3, -0.25) is 0 Å². The van der Waals surface area contributed by atoms with E-state index in [1.54, 1.807) is 19.4 Å². The zero-order chi connectivity index (χ0) is 23.8. The van der Waals surface area contributed by atoms with Crippen LogP contribution < -0.4 is 25.8 Å². The summed E-state index contributed by atoms with van der Waals surface area (Å²) in [7, 11) is 1.55. The Labute approximate surface area is 194 Å². The Balaban J connectivity index is 1.46. The third kappa shape index (κ3) is 3.93. The molecule has 4 N–H and O–H groups in total. The number of pyridine rings is 2. The molecule has 1 fully saturated rings. The monoisotopic (exact) mass is 469 g/mol. The molecular formula is C23H24FN5O5. The number of methoxy groups -OCH3 is 1. The third-order valence-electron chi connectivity index (χ3n) is 6.04. The number of anilines is 2. The Morgan fingerprint density at radius 3 is 2.94 bits per heavy atom. The van der Waals surface area contributed by atoms with E-state index >= 15 is 4.39 Å². The van der Waals surface area contributed by atoms with Crippen LogP contribution in [0.25, 0.3) is 21.9 Å². The molecular weight excluding hydrogens is 445 g/mol. The number of nitrogens with zero attached hydrogens (tertiary/aromatic N) is 2. The zero-order valence-electron chi connectivity index (χ0n) is 18.7. The minimum Gasteiger partial charge on any atom is -0.474 e. The normalized spacial score (nSPS) is 19.3. The molecule has 0 spiro atoms. The number of carbonyl (C=O) groups is 1. The summed E-state index contributed by atoms with van der Waals surface area (Å²) < 4.78 is 36.8. The van der Waals surface area contributed by atoms with E-state index in [-0.39, 0.29) is 29.3 Å². The number of benzene rings is 1. The highest BCUT2D eigenvalue weighted by Gasteiger charge is 2.30. The van der Waals surface area contributed by atoms with E-state index in [1.807, 2.05) is 6.92 Å². The lowest BCUT2D eigenvalue weighted by Gasteiger charge is -2.22. The summed E-state index contributed by atoms with van der Waals surface area (Å²) in [5.41, 5.74) is 8.43. The highest BCUT2D eigenvalue weighted by molar-refractivity contribution is 5.98. The second-order valence-electron chi connectivity index (χ2n) is 8.10. The number of aromatic nitrogens is 2. The van der Waals surface area contributed by atoms with Gasteiger partial charge in [0.15, 0.2) is 5.82 Å². The van der Waals surface area contributed by atoms with Crippen LogP contribution in [0.5, 0.6) is 11.8 Å². The van der Waals surface area contributed by atoms with Crippen molar-refractivity contribution < 1.29 is 28.1 Å². The SMILES string of the molecule is COC1COCC1NC(=O)Oc1cc2cc(-c3cnc4c(c3C)NCCO4)c(F)c(N)c2cn1. The standard InChI is InChI=1S/C23H24FN5O5/c1-11-14(7-28-22-21(11)26-3-4-33-22)13-5-12-6-18(27-8-15(12)20(25)19(13)24)34-23(30)29-16-9-32-10-17(16)31-2/h5-8,16-17,26H,3-4,9-10,25H2,1-2H3,(H,29,30). The molecule has 2 unspecified atom stereocenters. The van der Waals surface area contributed by atoms with Crippen molar-refractivity contribution in [3.05, 3.63) is 35.9 Å². The lowest BCUT2D eigenvalue weighted by Crippen LogP contribution is -2.44. The topological polar surface area (TPSA) is 130 Å². The number of rotatable bonds is 4. The maximum atomic E-state index is 15.3. The summed E-state index contributed by atoms with van der Waals surface area (Å²) in [5, 5.41) is 6.92. The molecule has 1 aromatic carbocycles. The van der Waals surface area contributed by atoms with Crippen molar-refractivity contribution >= 4 is 28.2 Å². The summed E-state index contributed by atoms with van der Waals surface area (Å²) in [5.74, 6) is -0.0460. The van der Waals surface area contributed by atoms with Crippen LogP contribution in [0.4, 0.5) is 20.6 Å². The lowest BCUT2D eigenvalue weighted by atomic mass is 9.97. The highest BCUT2D eigenvalue weighted by Crippen LogP contribution is 2.39. The van der Waals surface area contributed by atoms with Crippen LogP contribution >= 0.6 is 0 Å². The molecule has 11 heteroatoms. The molecule has 2 atom stereocenters. The number of hydrogen-bond acceptors (Lipinski definition) is 9. The van der Waals surface area contributed by atoms with Crippen molar-refractivity contribution in [3.63, 3.8) is 0 Å². The van der Waals surface area contributed by atoms with Crippen LogP contribution in [0.2, 0.25) is 0 Å². The second-order valence-corrected chi connectivity index (χ2v) is 8.10. The number of carbonyl (C=O) groups excluding carboxylic acids is 1. The van der Waals surface area contributed by atoms with Crippen molar-refractivity contribution in [2.24, 2.45) is 0 Å². The minimum atomic E-state index is -0.694. The summed E-state index contributed by atoms with van der Waals surface area (Å²) in [4.78, 5) is 20.8. The van der Waals surface area contributed by atoms with Crippen LogP contribution in [0.15, 0.2) is 24.5 Å². The van der Waals surface area contributed by atoms with Gasteiger partial charge < -0.3 is 35.3 Å². The van der Waals surface area contributed by atoms with Crippen molar-refractivity contribution in [2.45, 2.75) is 19.1 Å². The van der Waals surface area contributed by atoms with Crippen LogP contribution in [0, 0.1) is 12.7 Å². The highest BCUT2D eigenvalue weighted by atomic mass is 19.1. The van der Waals surface area contributed by atoms with Gasteiger partial charge in [-0.05, 0) is 23.9 Å². The summed E-state index contributed by atoms with van der Waals surface area (Å²) in [6.07, 6.45) is 1.99. The fourth-order valence-corrected chi connectivity index (χ4v) is 4.20. The summed E-state index contributed by atoms with van der Waals surface area (Å²) >= 11 is 0. The lowest BCUT2D eigenvalue weighted by molar-refractivity contribution is 0.0732. The number of hydrogen-bond donors (Lipinski definition) is 3. The van der Waals surface area contributed by atoms with E-state index in [0.717, 1.165) is 11.3 Å². The first kappa shape index (κ1) is 22.1. The Morgan fingerprint density at radius 1 is 1.26 bits per heavy atom. The Morgan fingerprint density at radius 2 is 2.12 bits per heavy atom. The van der Waals surface area contributed by atoms with E-state index in [9.17, 15) is 4.79 Å². The largest absolute Gasteiger partial charge is 0.474 e. The van der Waals surface area contributed by atoms with Gasteiger partial charge in [0.25, 0.3) is 0 Å². The first-order valence-electron chi connectivity index (χ1n) is 10.8. The molecule has 2 aliphatic rings. The number of nitrogen functional groups attached to an aromatic ring is 1. The fourth-order valence-electron chi connectivity index (χ4n) is 4.20. The molecule has 5 rings (SSSR count). The molecule has 0 radical (unpaired) electrons. The third-order valence-corrected chi connectivity index (χ3v) is 6.04. The van der Waals surface area contributed by atoms with Crippen LogP contribution in [-0.2, 0) is 9.47 Å². The van der Waals surface area contributed by atoms with E-state index < -0.39 is 11.9 Å². The number of nitrogens with one attached hydrogen (secondary N) is 2.